The van der Waals surface area contributed by atoms with E-state index in [4.69, 9.17) is 4.74 Å². The van der Waals surface area contributed by atoms with Crippen LogP contribution in [0.5, 0.6) is 11.6 Å². The van der Waals surface area contributed by atoms with Crippen LogP contribution in [0.25, 0.3) is 0 Å². The molecule has 0 spiro atoms. The van der Waals surface area contributed by atoms with Crippen LogP contribution < -0.4 is 10.3 Å². The second-order valence-electron chi connectivity index (χ2n) is 6.62. The molecule has 1 aliphatic heterocycles. The number of aromatic nitrogens is 1. The van der Waals surface area contributed by atoms with Crippen molar-refractivity contribution in [2.24, 2.45) is 17.3 Å². The Bertz CT molecular complexity index is 1300. The van der Waals surface area contributed by atoms with Gasteiger partial charge in [-0.15, -0.1) is 10.2 Å². The molecular weight excluding hydrogens is 547 g/mol. The Hall–Kier alpha value is -3.35. The molecule has 2 aromatic rings. The fourth-order valence-corrected chi connectivity index (χ4v) is 3.31. The van der Waals surface area contributed by atoms with Crippen molar-refractivity contribution >= 4 is 51.1 Å². The van der Waals surface area contributed by atoms with Crippen LogP contribution in [-0.2, 0) is 38.5 Å². The minimum Gasteiger partial charge on any atom is -0.494 e. The Morgan fingerprint density at radius 1 is 1.06 bits per heavy atom. The van der Waals surface area contributed by atoms with E-state index in [1.165, 1.54) is 14.0 Å². The summed E-state index contributed by atoms with van der Waals surface area (Å²) in [6.45, 7) is 3.68. The van der Waals surface area contributed by atoms with Crippen LogP contribution in [0.15, 0.2) is 31.6 Å². The smallest absolute Gasteiger partial charge is 0.494 e. The van der Waals surface area contributed by atoms with E-state index in [1.807, 2.05) is 0 Å². The third kappa shape index (κ3) is 4.72. The van der Waals surface area contributed by atoms with Crippen molar-refractivity contribution in [1.29, 1.82) is 0 Å². The van der Waals surface area contributed by atoms with Crippen molar-refractivity contribution in [2.45, 2.75) is 20.8 Å². The summed E-state index contributed by atoms with van der Waals surface area (Å²) < 4.78 is 6.11. The maximum absolute atomic E-state index is 12.7. The first-order valence-corrected chi connectivity index (χ1v) is 9.66. The standard InChI is InChI=1S/C19H15BrN4O8.Mn/c1-7-14(20)15(19(30)23(4)16(7)27)22-21-12-6-10(31-8(2)25)5-11-13(12)18(29)24(17(11)28)32-9(3)26;/h5-6,27H,1-4H3;/q;+2. The summed E-state index contributed by atoms with van der Waals surface area (Å²) in [4.78, 5) is 65.1. The summed E-state index contributed by atoms with van der Waals surface area (Å²) in [7, 11) is 1.33. The summed E-state index contributed by atoms with van der Waals surface area (Å²) in [5.41, 5.74) is -1.29. The maximum atomic E-state index is 12.7. The van der Waals surface area contributed by atoms with Gasteiger partial charge in [0, 0.05) is 32.5 Å². The fraction of sp³-hybridized carbons (Fsp3) is 0.211. The van der Waals surface area contributed by atoms with E-state index < -0.39 is 29.3 Å². The van der Waals surface area contributed by atoms with Gasteiger partial charge in [-0.25, -0.2) is 4.79 Å². The van der Waals surface area contributed by atoms with Gasteiger partial charge in [-0.3, -0.25) is 23.7 Å². The number of halogens is 1. The first-order valence-electron chi connectivity index (χ1n) is 8.87. The molecule has 2 heterocycles. The minimum atomic E-state index is -0.989. The Labute approximate surface area is 204 Å². The third-order valence-corrected chi connectivity index (χ3v) is 5.31. The van der Waals surface area contributed by atoms with Gasteiger partial charge < -0.3 is 14.7 Å². The number of carbonyl (C=O) groups excluding carboxylic acids is 4. The number of rotatable bonds is 4. The molecule has 0 bridgehead atoms. The zero-order chi connectivity index (χ0) is 23.9. The van der Waals surface area contributed by atoms with Gasteiger partial charge in [-0.1, -0.05) is 5.06 Å². The number of nitrogens with zero attached hydrogens (tertiary/aromatic N) is 4. The van der Waals surface area contributed by atoms with Crippen molar-refractivity contribution in [3.8, 4) is 11.6 Å². The molecule has 0 saturated heterocycles. The van der Waals surface area contributed by atoms with Gasteiger partial charge in [-0.2, -0.15) is 0 Å². The Kier molecular flexibility index (Phi) is 7.57. The topological polar surface area (TPSA) is 157 Å². The number of azo groups is 1. The van der Waals surface area contributed by atoms with Gasteiger partial charge >= 0.3 is 29.0 Å². The largest absolute Gasteiger partial charge is 2.00 e. The van der Waals surface area contributed by atoms with Gasteiger partial charge in [-0.05, 0) is 28.9 Å². The molecule has 1 aromatic heterocycles. The molecule has 1 radical (unpaired) electrons. The van der Waals surface area contributed by atoms with Crippen molar-refractivity contribution in [3.05, 3.63) is 43.6 Å². The first kappa shape index (κ1) is 25.9. The number of imide groups is 1. The number of hydroxylamine groups is 2. The van der Waals surface area contributed by atoms with Crippen LogP contribution >= 0.6 is 15.9 Å². The number of carbonyl (C=O) groups is 4. The van der Waals surface area contributed by atoms with Crippen molar-refractivity contribution in [2.75, 3.05) is 0 Å². The number of ether oxygens (including phenoxy) is 1. The number of hydrogen-bond acceptors (Lipinski definition) is 10. The molecule has 2 amide bonds. The van der Waals surface area contributed by atoms with Gasteiger partial charge in [0.2, 0.25) is 0 Å². The summed E-state index contributed by atoms with van der Waals surface area (Å²) in [5, 5.41) is 18.0. The number of benzene rings is 1. The molecule has 3 rings (SSSR count). The second-order valence-corrected chi connectivity index (χ2v) is 7.41. The van der Waals surface area contributed by atoms with Crippen molar-refractivity contribution in [1.82, 2.24) is 9.63 Å². The van der Waals surface area contributed by atoms with Gasteiger partial charge in [0.05, 0.1) is 15.6 Å². The zero-order valence-electron chi connectivity index (χ0n) is 17.5. The zero-order valence-corrected chi connectivity index (χ0v) is 20.3. The molecular formula is C19H15BrMnN4O8+2. The monoisotopic (exact) mass is 561 g/mol. The second kappa shape index (κ2) is 9.65. The molecule has 1 N–H and O–H groups in total. The van der Waals surface area contributed by atoms with E-state index in [0.717, 1.165) is 30.5 Å². The van der Waals surface area contributed by atoms with E-state index >= 15 is 0 Å². The molecule has 1 aliphatic rings. The van der Waals surface area contributed by atoms with Crippen LogP contribution in [0.4, 0.5) is 11.4 Å². The third-order valence-electron chi connectivity index (χ3n) is 4.34. The van der Waals surface area contributed by atoms with E-state index in [-0.39, 0.29) is 60.7 Å². The number of esters is 1. The van der Waals surface area contributed by atoms with Crippen LogP contribution in [0.1, 0.15) is 40.1 Å². The first-order chi connectivity index (χ1) is 14.9. The van der Waals surface area contributed by atoms with Gasteiger partial charge in [0.15, 0.2) is 11.6 Å². The summed E-state index contributed by atoms with van der Waals surface area (Å²) in [6, 6.07) is 2.29. The average Bonchev–Trinajstić information content (AvgIpc) is 2.94. The fourth-order valence-electron chi connectivity index (χ4n) is 2.88. The van der Waals surface area contributed by atoms with E-state index in [1.54, 1.807) is 0 Å². The molecule has 0 saturated carbocycles. The molecule has 0 fully saturated rings. The molecule has 14 heteroatoms. The number of aromatic hydroxyl groups is 1. The van der Waals surface area contributed by atoms with E-state index in [2.05, 4.69) is 31.0 Å². The maximum Gasteiger partial charge on any atom is 2.00 e. The molecule has 12 nitrogen and oxygen atoms in total. The minimum absolute atomic E-state index is 0. The Balaban J connectivity index is 0.00000385. The quantitative estimate of drug-likeness (QED) is 0.196. The van der Waals surface area contributed by atoms with E-state index in [0.29, 0.717) is 5.56 Å². The molecule has 171 valence electrons. The summed E-state index contributed by atoms with van der Waals surface area (Å²) in [5.74, 6) is -3.97. The predicted octanol–water partition coefficient (Wildman–Crippen LogP) is 2.57. The van der Waals surface area contributed by atoms with Crippen molar-refractivity contribution < 1.29 is 50.9 Å². The average molecular weight is 562 g/mol. The van der Waals surface area contributed by atoms with Crippen LogP contribution in [0.2, 0.25) is 0 Å². The SMILES string of the molecule is CC(=O)Oc1cc(N=Nc2c(Br)c(C)c(O)n(C)c2=O)c2c(c1)C(=O)N(OC(C)=O)C2=O.[Mn+2]. The number of amides is 2. The molecule has 1 aromatic carbocycles. The number of fused-ring (bicyclic) bond motifs is 1. The molecule has 0 aliphatic carbocycles. The Morgan fingerprint density at radius 2 is 1.70 bits per heavy atom. The van der Waals surface area contributed by atoms with Crippen LogP contribution in [0, 0.1) is 6.92 Å². The summed E-state index contributed by atoms with van der Waals surface area (Å²) >= 11 is 3.17. The normalized spacial score (nSPS) is 12.6. The number of hydrogen-bond donors (Lipinski definition) is 1. The van der Waals surface area contributed by atoms with Gasteiger partial charge in [0.1, 0.15) is 11.4 Å². The molecule has 33 heavy (non-hydrogen) atoms. The Morgan fingerprint density at radius 3 is 2.27 bits per heavy atom. The van der Waals surface area contributed by atoms with Crippen LogP contribution in [0.3, 0.4) is 0 Å². The predicted molar refractivity (Wildman–Crippen MR) is 110 cm³/mol. The van der Waals surface area contributed by atoms with E-state index in [9.17, 15) is 29.1 Å². The molecule has 0 unspecified atom stereocenters. The van der Waals surface area contributed by atoms with Gasteiger partial charge in [0.25, 0.3) is 17.4 Å². The summed E-state index contributed by atoms with van der Waals surface area (Å²) in [6.07, 6.45) is 0. The van der Waals surface area contributed by atoms with Crippen molar-refractivity contribution in [3.63, 3.8) is 0 Å². The molecule has 0 atom stereocenters. The van der Waals surface area contributed by atoms with Crippen LogP contribution in [-0.4, -0.2) is 38.5 Å². The number of pyridine rings is 1.